The maximum atomic E-state index is 12.7. The van der Waals surface area contributed by atoms with Crippen molar-refractivity contribution in [3.05, 3.63) is 89.0 Å². The molecule has 0 aliphatic carbocycles. The summed E-state index contributed by atoms with van der Waals surface area (Å²) in [4.78, 5) is 17.5. The Morgan fingerprint density at radius 2 is 1.71 bits per heavy atom. The first-order valence-corrected chi connectivity index (χ1v) is 12.0. The van der Waals surface area contributed by atoms with Crippen LogP contribution in [0.2, 0.25) is 0 Å². The molecule has 3 aromatic carbocycles. The lowest BCUT2D eigenvalue weighted by Crippen LogP contribution is -2.22. The zero-order chi connectivity index (χ0) is 24.4. The summed E-state index contributed by atoms with van der Waals surface area (Å²) in [6.45, 7) is 2.31. The molecule has 0 unspecified atom stereocenters. The van der Waals surface area contributed by atoms with E-state index in [1.54, 1.807) is 25.6 Å². The van der Waals surface area contributed by atoms with Crippen LogP contribution in [0.3, 0.4) is 0 Å². The third-order valence-corrected chi connectivity index (χ3v) is 6.78. The Morgan fingerprint density at radius 1 is 0.971 bits per heavy atom. The maximum Gasteiger partial charge on any atom is 0.287 e. The van der Waals surface area contributed by atoms with Crippen LogP contribution < -0.4 is 14.8 Å². The molecule has 0 atom stereocenters. The molecule has 2 heterocycles. The van der Waals surface area contributed by atoms with E-state index in [-0.39, 0.29) is 5.91 Å². The summed E-state index contributed by atoms with van der Waals surface area (Å²) in [5.74, 6) is 1.49. The summed E-state index contributed by atoms with van der Waals surface area (Å²) in [7, 11) is 3.24. The SMILES string of the molecule is COc1ccc(-c2csc(-c3ccc(CNC(=O)c4oc5ccccc5c4C)cc3)n2)cc1OC. The van der Waals surface area contributed by atoms with Crippen molar-refractivity contribution < 1.29 is 18.7 Å². The van der Waals surface area contributed by atoms with Gasteiger partial charge in [-0.05, 0) is 36.8 Å². The molecule has 0 radical (unpaired) electrons. The number of thiazole rings is 1. The Hall–Kier alpha value is -4.10. The minimum absolute atomic E-state index is 0.220. The topological polar surface area (TPSA) is 73.6 Å². The second-order valence-corrected chi connectivity index (χ2v) is 8.90. The van der Waals surface area contributed by atoms with Crippen LogP contribution in [-0.2, 0) is 6.54 Å². The van der Waals surface area contributed by atoms with Crippen LogP contribution >= 0.6 is 11.3 Å². The van der Waals surface area contributed by atoms with Gasteiger partial charge in [-0.3, -0.25) is 4.79 Å². The Kier molecular flexibility index (Phi) is 6.25. The second kappa shape index (κ2) is 9.64. The van der Waals surface area contributed by atoms with Crippen LogP contribution in [0, 0.1) is 6.92 Å². The van der Waals surface area contributed by atoms with Gasteiger partial charge >= 0.3 is 0 Å². The molecule has 2 aromatic heterocycles. The predicted molar refractivity (Wildman–Crippen MR) is 138 cm³/mol. The average molecular weight is 485 g/mol. The lowest BCUT2D eigenvalue weighted by molar-refractivity contribution is 0.0924. The molecule has 0 fully saturated rings. The van der Waals surface area contributed by atoms with E-state index in [9.17, 15) is 4.79 Å². The number of aromatic nitrogens is 1. The first-order chi connectivity index (χ1) is 17.1. The minimum Gasteiger partial charge on any atom is -0.493 e. The van der Waals surface area contributed by atoms with Crippen molar-refractivity contribution in [3.8, 4) is 33.3 Å². The molecule has 0 saturated carbocycles. The minimum atomic E-state index is -0.220. The van der Waals surface area contributed by atoms with Crippen molar-refractivity contribution in [1.29, 1.82) is 0 Å². The first-order valence-electron chi connectivity index (χ1n) is 11.1. The highest BCUT2D eigenvalue weighted by molar-refractivity contribution is 7.13. The molecule has 6 nitrogen and oxygen atoms in total. The average Bonchev–Trinajstić information content (AvgIpc) is 3.53. The first kappa shape index (κ1) is 22.7. The highest BCUT2D eigenvalue weighted by atomic mass is 32.1. The lowest BCUT2D eigenvalue weighted by Gasteiger charge is -2.08. The number of nitrogens with zero attached hydrogens (tertiary/aromatic N) is 1. The number of ether oxygens (including phenoxy) is 2. The predicted octanol–water partition coefficient (Wildman–Crippen LogP) is 6.48. The van der Waals surface area contributed by atoms with Crippen molar-refractivity contribution in [2.45, 2.75) is 13.5 Å². The van der Waals surface area contributed by atoms with Crippen molar-refractivity contribution in [2.75, 3.05) is 14.2 Å². The number of aryl methyl sites for hydroxylation is 1. The van der Waals surface area contributed by atoms with Gasteiger partial charge in [0, 0.05) is 34.0 Å². The molecule has 0 bridgehead atoms. The fourth-order valence-electron chi connectivity index (χ4n) is 3.95. The summed E-state index contributed by atoms with van der Waals surface area (Å²) >= 11 is 1.58. The fourth-order valence-corrected chi connectivity index (χ4v) is 4.79. The maximum absolute atomic E-state index is 12.7. The lowest BCUT2D eigenvalue weighted by atomic mass is 10.1. The highest BCUT2D eigenvalue weighted by Crippen LogP contribution is 2.34. The molecule has 1 amide bonds. The Balaban J connectivity index is 1.27. The fraction of sp³-hybridized carbons (Fsp3) is 0.143. The van der Waals surface area contributed by atoms with Crippen molar-refractivity contribution in [1.82, 2.24) is 10.3 Å². The monoisotopic (exact) mass is 484 g/mol. The van der Waals surface area contributed by atoms with Crippen LogP contribution in [0.1, 0.15) is 21.7 Å². The molecule has 0 aliphatic rings. The number of amides is 1. The molecule has 0 saturated heterocycles. The van der Waals surface area contributed by atoms with E-state index in [0.29, 0.717) is 23.8 Å². The number of carbonyl (C=O) groups is 1. The summed E-state index contributed by atoms with van der Waals surface area (Å²) in [5, 5.41) is 6.86. The molecule has 5 aromatic rings. The van der Waals surface area contributed by atoms with E-state index in [0.717, 1.165) is 43.9 Å². The molecular weight excluding hydrogens is 460 g/mol. The van der Waals surface area contributed by atoms with Crippen molar-refractivity contribution in [3.63, 3.8) is 0 Å². The smallest absolute Gasteiger partial charge is 0.287 e. The molecule has 35 heavy (non-hydrogen) atoms. The Bertz CT molecular complexity index is 1500. The number of methoxy groups -OCH3 is 2. The number of para-hydroxylation sites is 1. The number of furan rings is 1. The van der Waals surface area contributed by atoms with Crippen molar-refractivity contribution in [2.24, 2.45) is 0 Å². The summed E-state index contributed by atoms with van der Waals surface area (Å²) in [6, 6.07) is 21.5. The summed E-state index contributed by atoms with van der Waals surface area (Å²) < 4.78 is 16.5. The van der Waals surface area contributed by atoms with Crippen LogP contribution in [0.25, 0.3) is 32.8 Å². The van der Waals surface area contributed by atoms with Gasteiger partial charge in [-0.15, -0.1) is 11.3 Å². The van der Waals surface area contributed by atoms with Gasteiger partial charge in [0.15, 0.2) is 17.3 Å². The molecule has 0 spiro atoms. The molecule has 7 heteroatoms. The number of nitrogens with one attached hydrogen (secondary N) is 1. The van der Waals surface area contributed by atoms with Gasteiger partial charge in [0.05, 0.1) is 19.9 Å². The van der Waals surface area contributed by atoms with Crippen LogP contribution in [-0.4, -0.2) is 25.1 Å². The largest absolute Gasteiger partial charge is 0.493 e. The van der Waals surface area contributed by atoms with E-state index in [1.807, 2.05) is 79.0 Å². The third-order valence-electron chi connectivity index (χ3n) is 5.89. The summed E-state index contributed by atoms with van der Waals surface area (Å²) in [6.07, 6.45) is 0. The summed E-state index contributed by atoms with van der Waals surface area (Å²) in [5.41, 5.74) is 5.42. The molecule has 1 N–H and O–H groups in total. The quantitative estimate of drug-likeness (QED) is 0.286. The standard InChI is InChI=1S/C28H24N2O4S/c1-17-21-6-4-5-7-23(21)34-26(17)27(31)29-15-18-8-10-19(11-9-18)28-30-22(16-35-28)20-12-13-24(32-2)25(14-20)33-3/h4-14,16H,15H2,1-3H3,(H,29,31). The highest BCUT2D eigenvalue weighted by Gasteiger charge is 2.17. The zero-order valence-electron chi connectivity index (χ0n) is 19.6. The van der Waals surface area contributed by atoms with Gasteiger partial charge in [-0.25, -0.2) is 4.98 Å². The van der Waals surface area contributed by atoms with E-state index in [4.69, 9.17) is 18.9 Å². The van der Waals surface area contributed by atoms with Crippen LogP contribution in [0.5, 0.6) is 11.5 Å². The van der Waals surface area contributed by atoms with Gasteiger partial charge < -0.3 is 19.2 Å². The van der Waals surface area contributed by atoms with Gasteiger partial charge in [0.2, 0.25) is 0 Å². The number of fused-ring (bicyclic) bond motifs is 1. The molecule has 176 valence electrons. The van der Waals surface area contributed by atoms with Gasteiger partial charge in [0.25, 0.3) is 5.91 Å². The Morgan fingerprint density at radius 3 is 2.46 bits per heavy atom. The second-order valence-electron chi connectivity index (χ2n) is 8.04. The van der Waals surface area contributed by atoms with Crippen LogP contribution in [0.4, 0.5) is 0 Å². The van der Waals surface area contributed by atoms with E-state index in [1.165, 1.54) is 0 Å². The number of carbonyl (C=O) groups excluding carboxylic acids is 1. The number of rotatable bonds is 7. The van der Waals surface area contributed by atoms with E-state index >= 15 is 0 Å². The normalized spacial score (nSPS) is 10.9. The zero-order valence-corrected chi connectivity index (χ0v) is 20.4. The number of hydrogen-bond donors (Lipinski definition) is 1. The number of benzene rings is 3. The van der Waals surface area contributed by atoms with E-state index in [2.05, 4.69) is 5.32 Å². The Labute approximate surface area is 207 Å². The molecule has 5 rings (SSSR count). The third kappa shape index (κ3) is 4.50. The van der Waals surface area contributed by atoms with Crippen molar-refractivity contribution >= 4 is 28.2 Å². The van der Waals surface area contributed by atoms with Gasteiger partial charge in [-0.2, -0.15) is 0 Å². The van der Waals surface area contributed by atoms with Gasteiger partial charge in [0.1, 0.15) is 10.6 Å². The van der Waals surface area contributed by atoms with Gasteiger partial charge in [-0.1, -0.05) is 42.5 Å². The van der Waals surface area contributed by atoms with Crippen LogP contribution in [0.15, 0.2) is 76.5 Å². The molecular formula is C28H24N2O4S. The van der Waals surface area contributed by atoms with E-state index < -0.39 is 0 Å². The number of hydrogen-bond acceptors (Lipinski definition) is 6. The molecule has 0 aliphatic heterocycles.